The first kappa shape index (κ1) is 11.5. The highest BCUT2D eigenvalue weighted by Crippen LogP contribution is 2.23. The Morgan fingerprint density at radius 1 is 1.65 bits per heavy atom. The van der Waals surface area contributed by atoms with Crippen LogP contribution < -0.4 is 5.32 Å². The zero-order chi connectivity index (χ0) is 12.6. The average Bonchev–Trinajstić information content (AvgIpc) is 2.83. The second-order valence-electron chi connectivity index (χ2n) is 4.12. The quantitative estimate of drug-likeness (QED) is 0.826. The Hall–Kier alpha value is -1.98. The number of urea groups is 1. The first-order valence-corrected chi connectivity index (χ1v) is 5.35. The minimum Gasteiger partial charge on any atom is -0.480 e. The Morgan fingerprint density at radius 2 is 2.35 bits per heavy atom. The summed E-state index contributed by atoms with van der Waals surface area (Å²) in [6.07, 6.45) is 0. The maximum absolute atomic E-state index is 11.6. The third kappa shape index (κ3) is 2.11. The highest BCUT2D eigenvalue weighted by atomic mass is 16.4. The van der Waals surface area contributed by atoms with Gasteiger partial charge in [-0.05, 0) is 26.0 Å². The standard InChI is InChI=1S/C11H14N2O4/c1-6-3-4-9(17-6)8-5-13(11(16)12-8)7(2)10(14)15/h3-4,7-8H,5H2,1-2H3,(H,12,16)(H,14,15). The highest BCUT2D eigenvalue weighted by Gasteiger charge is 2.36. The van der Waals surface area contributed by atoms with Crippen LogP contribution in [0.3, 0.4) is 0 Å². The molecule has 2 heterocycles. The molecule has 2 rings (SSSR count). The first-order valence-electron chi connectivity index (χ1n) is 5.35. The molecule has 0 radical (unpaired) electrons. The average molecular weight is 238 g/mol. The zero-order valence-electron chi connectivity index (χ0n) is 9.64. The molecule has 1 aliphatic rings. The van der Waals surface area contributed by atoms with Crippen molar-refractivity contribution < 1.29 is 19.1 Å². The van der Waals surface area contributed by atoms with Gasteiger partial charge in [0.05, 0.1) is 6.54 Å². The van der Waals surface area contributed by atoms with Crippen molar-refractivity contribution >= 4 is 12.0 Å². The van der Waals surface area contributed by atoms with Gasteiger partial charge in [0.15, 0.2) is 0 Å². The van der Waals surface area contributed by atoms with Crippen molar-refractivity contribution in [2.45, 2.75) is 25.9 Å². The maximum Gasteiger partial charge on any atom is 0.326 e. The van der Waals surface area contributed by atoms with Crippen LogP contribution in [0.25, 0.3) is 0 Å². The molecular weight excluding hydrogens is 224 g/mol. The van der Waals surface area contributed by atoms with E-state index >= 15 is 0 Å². The summed E-state index contributed by atoms with van der Waals surface area (Å²) in [7, 11) is 0. The summed E-state index contributed by atoms with van der Waals surface area (Å²) < 4.78 is 5.42. The normalized spacial score (nSPS) is 21.4. The summed E-state index contributed by atoms with van der Waals surface area (Å²) in [5.74, 6) is 0.395. The number of carbonyl (C=O) groups excluding carboxylic acids is 1. The maximum atomic E-state index is 11.6. The van der Waals surface area contributed by atoms with Gasteiger partial charge in [0.25, 0.3) is 0 Å². The Balaban J connectivity index is 2.12. The van der Waals surface area contributed by atoms with Crippen molar-refractivity contribution in [3.05, 3.63) is 23.7 Å². The minimum absolute atomic E-state index is 0.280. The molecule has 1 aliphatic heterocycles. The molecule has 17 heavy (non-hydrogen) atoms. The van der Waals surface area contributed by atoms with Gasteiger partial charge in [0, 0.05) is 0 Å². The number of hydrogen-bond donors (Lipinski definition) is 2. The van der Waals surface area contributed by atoms with E-state index in [0.29, 0.717) is 12.3 Å². The number of nitrogens with one attached hydrogen (secondary N) is 1. The van der Waals surface area contributed by atoms with E-state index in [0.717, 1.165) is 5.76 Å². The molecule has 1 saturated heterocycles. The van der Waals surface area contributed by atoms with Gasteiger partial charge in [-0.25, -0.2) is 9.59 Å². The topological polar surface area (TPSA) is 82.8 Å². The van der Waals surface area contributed by atoms with Gasteiger partial charge in [-0.3, -0.25) is 0 Å². The van der Waals surface area contributed by atoms with Gasteiger partial charge in [-0.2, -0.15) is 0 Å². The molecule has 0 spiro atoms. The van der Waals surface area contributed by atoms with Crippen molar-refractivity contribution in [1.29, 1.82) is 0 Å². The van der Waals surface area contributed by atoms with Gasteiger partial charge in [-0.1, -0.05) is 0 Å². The van der Waals surface area contributed by atoms with E-state index in [1.54, 1.807) is 6.07 Å². The molecule has 6 nitrogen and oxygen atoms in total. The Bertz CT molecular complexity index is 454. The molecular formula is C11H14N2O4. The number of nitrogens with zero attached hydrogens (tertiary/aromatic N) is 1. The molecule has 2 N–H and O–H groups in total. The van der Waals surface area contributed by atoms with Crippen molar-refractivity contribution in [1.82, 2.24) is 10.2 Å². The van der Waals surface area contributed by atoms with Crippen LogP contribution in [-0.4, -0.2) is 34.6 Å². The van der Waals surface area contributed by atoms with Crippen LogP contribution in [0.5, 0.6) is 0 Å². The summed E-state index contributed by atoms with van der Waals surface area (Å²) in [4.78, 5) is 23.7. The van der Waals surface area contributed by atoms with Crippen LogP contribution in [0.15, 0.2) is 16.5 Å². The van der Waals surface area contributed by atoms with Crippen LogP contribution >= 0.6 is 0 Å². The van der Waals surface area contributed by atoms with E-state index in [9.17, 15) is 9.59 Å². The molecule has 2 atom stereocenters. The van der Waals surface area contributed by atoms with Crippen molar-refractivity contribution in [3.8, 4) is 0 Å². The van der Waals surface area contributed by atoms with Crippen molar-refractivity contribution in [3.63, 3.8) is 0 Å². The van der Waals surface area contributed by atoms with Crippen LogP contribution in [0.4, 0.5) is 4.79 Å². The fourth-order valence-corrected chi connectivity index (χ4v) is 1.83. The molecule has 1 aromatic heterocycles. The molecule has 1 fully saturated rings. The largest absolute Gasteiger partial charge is 0.480 e. The fraction of sp³-hybridized carbons (Fsp3) is 0.455. The summed E-state index contributed by atoms with van der Waals surface area (Å²) >= 11 is 0. The lowest BCUT2D eigenvalue weighted by molar-refractivity contribution is -0.141. The van der Waals surface area contributed by atoms with Crippen LogP contribution in [0, 0.1) is 6.92 Å². The second-order valence-corrected chi connectivity index (χ2v) is 4.12. The Labute approximate surface area is 98.2 Å². The Kier molecular flexibility index (Phi) is 2.79. The molecule has 2 unspecified atom stereocenters. The number of furan rings is 1. The number of carbonyl (C=O) groups is 2. The molecule has 0 aromatic carbocycles. The Morgan fingerprint density at radius 3 is 2.88 bits per heavy atom. The van der Waals surface area contributed by atoms with E-state index in [4.69, 9.17) is 9.52 Å². The highest BCUT2D eigenvalue weighted by molar-refractivity contribution is 5.84. The lowest BCUT2D eigenvalue weighted by atomic mass is 10.2. The van der Waals surface area contributed by atoms with Gasteiger partial charge in [0.1, 0.15) is 23.6 Å². The number of aliphatic carboxylic acids is 1. The van der Waals surface area contributed by atoms with E-state index < -0.39 is 12.0 Å². The summed E-state index contributed by atoms with van der Waals surface area (Å²) in [6.45, 7) is 3.61. The zero-order valence-corrected chi connectivity index (χ0v) is 9.64. The summed E-state index contributed by atoms with van der Waals surface area (Å²) in [5.41, 5.74) is 0. The number of amides is 2. The van der Waals surface area contributed by atoms with E-state index in [1.165, 1.54) is 11.8 Å². The van der Waals surface area contributed by atoms with Gasteiger partial charge < -0.3 is 19.7 Å². The molecule has 92 valence electrons. The molecule has 0 bridgehead atoms. The van der Waals surface area contributed by atoms with Crippen LogP contribution in [0.2, 0.25) is 0 Å². The third-order valence-corrected chi connectivity index (χ3v) is 2.87. The lowest BCUT2D eigenvalue weighted by Crippen LogP contribution is -2.40. The molecule has 1 aromatic rings. The third-order valence-electron chi connectivity index (χ3n) is 2.87. The molecule has 0 saturated carbocycles. The summed E-state index contributed by atoms with van der Waals surface area (Å²) in [5, 5.41) is 11.6. The SMILES string of the molecule is Cc1ccc(C2CN(C(C)C(=O)O)C(=O)N2)o1. The van der Waals surface area contributed by atoms with Crippen LogP contribution in [0.1, 0.15) is 24.5 Å². The minimum atomic E-state index is -1.02. The monoisotopic (exact) mass is 238 g/mol. The van der Waals surface area contributed by atoms with Gasteiger partial charge in [0.2, 0.25) is 0 Å². The predicted molar refractivity (Wildman–Crippen MR) is 58.5 cm³/mol. The molecule has 6 heteroatoms. The van der Waals surface area contributed by atoms with Gasteiger partial charge >= 0.3 is 12.0 Å². The molecule has 0 aliphatic carbocycles. The second kappa shape index (κ2) is 4.12. The van der Waals surface area contributed by atoms with Crippen molar-refractivity contribution in [2.24, 2.45) is 0 Å². The fourth-order valence-electron chi connectivity index (χ4n) is 1.83. The smallest absolute Gasteiger partial charge is 0.326 e. The van der Waals surface area contributed by atoms with Crippen molar-refractivity contribution in [2.75, 3.05) is 6.54 Å². The van der Waals surface area contributed by atoms with E-state index in [2.05, 4.69) is 5.32 Å². The number of carboxylic acids is 1. The van der Waals surface area contributed by atoms with Gasteiger partial charge in [-0.15, -0.1) is 0 Å². The number of carboxylic acid groups (broad SMARTS) is 1. The first-order chi connectivity index (χ1) is 7.99. The van der Waals surface area contributed by atoms with Crippen LogP contribution in [-0.2, 0) is 4.79 Å². The number of aryl methyl sites for hydroxylation is 1. The van der Waals surface area contributed by atoms with E-state index in [-0.39, 0.29) is 12.1 Å². The number of rotatable bonds is 3. The summed E-state index contributed by atoms with van der Waals surface area (Å²) in [6, 6.07) is 2.10. The van der Waals surface area contributed by atoms with E-state index in [1.807, 2.05) is 13.0 Å². The lowest BCUT2D eigenvalue weighted by Gasteiger charge is -2.18. The number of hydrogen-bond acceptors (Lipinski definition) is 3. The predicted octanol–water partition coefficient (Wildman–Crippen LogP) is 1.13. The molecule has 2 amide bonds.